The van der Waals surface area contributed by atoms with Crippen LogP contribution in [-0.4, -0.2) is 45.8 Å². The third-order valence-corrected chi connectivity index (χ3v) is 8.33. The lowest BCUT2D eigenvalue weighted by atomic mass is 9.83. The molecule has 2 heterocycles. The number of pyridine rings is 2. The van der Waals surface area contributed by atoms with Crippen molar-refractivity contribution >= 4 is 56.9 Å². The van der Waals surface area contributed by atoms with Gasteiger partial charge in [0.15, 0.2) is 5.75 Å². The number of aliphatic carboxylic acids is 1. The SMILES string of the molecule is C=CCOC(CCCC(C(=O)Oc1ccc(Cl)c2cccnc12)C(C)CC(C)C)C(Oc1ccc(Cl)c2cccnc12)C(=O)O. The van der Waals surface area contributed by atoms with E-state index in [0.717, 1.165) is 6.42 Å². The van der Waals surface area contributed by atoms with Crippen molar-refractivity contribution in [1.82, 2.24) is 9.97 Å². The third-order valence-electron chi connectivity index (χ3n) is 7.67. The summed E-state index contributed by atoms with van der Waals surface area (Å²) in [5.74, 6) is -1.00. The molecule has 45 heavy (non-hydrogen) atoms. The minimum Gasteiger partial charge on any atom is -0.478 e. The summed E-state index contributed by atoms with van der Waals surface area (Å²) >= 11 is 12.7. The lowest BCUT2D eigenvalue weighted by molar-refractivity contribution is -0.153. The molecule has 8 nitrogen and oxygen atoms in total. The minimum absolute atomic E-state index is 0.00888. The average Bonchev–Trinajstić information content (AvgIpc) is 3.01. The Morgan fingerprint density at radius 1 is 0.911 bits per heavy atom. The van der Waals surface area contributed by atoms with E-state index in [4.69, 9.17) is 37.4 Å². The van der Waals surface area contributed by atoms with Crippen LogP contribution in [0.3, 0.4) is 0 Å². The maximum Gasteiger partial charge on any atom is 0.347 e. The number of ether oxygens (including phenoxy) is 3. The van der Waals surface area contributed by atoms with Gasteiger partial charge in [-0.2, -0.15) is 0 Å². The predicted molar refractivity (Wildman–Crippen MR) is 177 cm³/mol. The van der Waals surface area contributed by atoms with Gasteiger partial charge < -0.3 is 19.3 Å². The molecule has 10 heteroatoms. The second-order valence-corrected chi connectivity index (χ2v) is 12.3. The van der Waals surface area contributed by atoms with E-state index in [-0.39, 0.29) is 24.2 Å². The van der Waals surface area contributed by atoms with E-state index in [1.807, 2.05) is 13.0 Å². The highest BCUT2D eigenvalue weighted by Gasteiger charge is 2.33. The largest absolute Gasteiger partial charge is 0.478 e. The second kappa shape index (κ2) is 16.0. The van der Waals surface area contributed by atoms with Crippen molar-refractivity contribution in [3.63, 3.8) is 0 Å². The van der Waals surface area contributed by atoms with Crippen LogP contribution in [0.4, 0.5) is 0 Å². The number of hydrogen-bond acceptors (Lipinski definition) is 7. The zero-order valence-electron chi connectivity index (χ0n) is 25.6. The summed E-state index contributed by atoms with van der Waals surface area (Å²) in [4.78, 5) is 34.9. The summed E-state index contributed by atoms with van der Waals surface area (Å²) in [5, 5.41) is 12.6. The molecule has 2 aromatic heterocycles. The van der Waals surface area contributed by atoms with Crippen molar-refractivity contribution in [2.75, 3.05) is 6.61 Å². The van der Waals surface area contributed by atoms with Crippen molar-refractivity contribution in [2.24, 2.45) is 17.8 Å². The van der Waals surface area contributed by atoms with E-state index in [1.54, 1.807) is 60.9 Å². The zero-order chi connectivity index (χ0) is 32.5. The Kier molecular flexibility index (Phi) is 12.2. The number of esters is 1. The first-order chi connectivity index (χ1) is 21.6. The van der Waals surface area contributed by atoms with Gasteiger partial charge in [0.1, 0.15) is 22.9 Å². The molecule has 4 unspecified atom stereocenters. The number of carbonyl (C=O) groups is 2. The molecule has 4 atom stereocenters. The first-order valence-corrected chi connectivity index (χ1v) is 15.8. The van der Waals surface area contributed by atoms with Gasteiger partial charge in [0.2, 0.25) is 6.10 Å². The third kappa shape index (κ3) is 8.72. The number of carboxylic acid groups (broad SMARTS) is 1. The molecule has 1 N–H and O–H groups in total. The van der Waals surface area contributed by atoms with Gasteiger partial charge in [-0.25, -0.2) is 4.79 Å². The molecule has 4 rings (SSSR count). The molecule has 0 saturated carbocycles. The Morgan fingerprint density at radius 2 is 1.51 bits per heavy atom. The van der Waals surface area contributed by atoms with Crippen LogP contribution in [0.5, 0.6) is 11.5 Å². The first kappa shape index (κ1) is 34.2. The molecular formula is C35H38Cl2N2O6. The second-order valence-electron chi connectivity index (χ2n) is 11.5. The average molecular weight is 654 g/mol. The number of hydrogen-bond donors (Lipinski definition) is 1. The fourth-order valence-electron chi connectivity index (χ4n) is 5.60. The van der Waals surface area contributed by atoms with E-state index in [1.165, 1.54) is 0 Å². The summed E-state index contributed by atoms with van der Waals surface area (Å²) in [6.45, 7) is 10.1. The molecule has 0 aliphatic carbocycles. The van der Waals surface area contributed by atoms with Gasteiger partial charge >= 0.3 is 11.9 Å². The number of carboxylic acids is 1. The monoisotopic (exact) mass is 652 g/mol. The van der Waals surface area contributed by atoms with Crippen LogP contribution in [0.25, 0.3) is 21.8 Å². The first-order valence-electron chi connectivity index (χ1n) is 15.0. The summed E-state index contributed by atoms with van der Waals surface area (Å²) in [6, 6.07) is 13.7. The molecule has 0 radical (unpaired) electrons. The fourth-order valence-corrected chi connectivity index (χ4v) is 6.03. The fraction of sp³-hybridized carbons (Fsp3) is 0.371. The number of fused-ring (bicyclic) bond motifs is 2. The lowest BCUT2D eigenvalue weighted by Gasteiger charge is -2.27. The zero-order valence-corrected chi connectivity index (χ0v) is 27.1. The Hall–Kier alpha value is -3.72. The summed E-state index contributed by atoms with van der Waals surface area (Å²) in [5.41, 5.74) is 0.963. The number of benzene rings is 2. The van der Waals surface area contributed by atoms with Crippen LogP contribution in [0.2, 0.25) is 10.0 Å². The van der Waals surface area contributed by atoms with E-state index in [0.29, 0.717) is 62.8 Å². The van der Waals surface area contributed by atoms with Gasteiger partial charge in [0.25, 0.3) is 0 Å². The molecule has 0 fully saturated rings. The quantitative estimate of drug-likeness (QED) is 0.0728. The van der Waals surface area contributed by atoms with Crippen LogP contribution < -0.4 is 9.47 Å². The van der Waals surface area contributed by atoms with Gasteiger partial charge in [-0.3, -0.25) is 14.8 Å². The molecule has 238 valence electrons. The molecule has 0 aliphatic heterocycles. The van der Waals surface area contributed by atoms with Gasteiger partial charge in [0, 0.05) is 23.2 Å². The minimum atomic E-state index is -1.35. The summed E-state index contributed by atoms with van der Waals surface area (Å²) < 4.78 is 17.9. The van der Waals surface area contributed by atoms with Crippen molar-refractivity contribution in [3.05, 3.63) is 83.6 Å². The van der Waals surface area contributed by atoms with Crippen LogP contribution in [0.1, 0.15) is 46.5 Å². The Bertz CT molecular complexity index is 1650. The maximum atomic E-state index is 13.7. The number of nitrogens with zero attached hydrogens (tertiary/aromatic N) is 2. The van der Waals surface area contributed by atoms with E-state index in [2.05, 4.69) is 30.4 Å². The van der Waals surface area contributed by atoms with Crippen molar-refractivity contribution in [3.8, 4) is 11.5 Å². The smallest absolute Gasteiger partial charge is 0.347 e. The van der Waals surface area contributed by atoms with Gasteiger partial charge in [-0.05, 0) is 86.1 Å². The number of carbonyl (C=O) groups excluding carboxylic acids is 1. The molecule has 2 aromatic carbocycles. The number of rotatable bonds is 16. The Morgan fingerprint density at radius 3 is 2.09 bits per heavy atom. The maximum absolute atomic E-state index is 13.7. The van der Waals surface area contributed by atoms with E-state index in [9.17, 15) is 14.7 Å². The highest BCUT2D eigenvalue weighted by molar-refractivity contribution is 6.36. The molecule has 0 aliphatic rings. The predicted octanol–water partition coefficient (Wildman–Crippen LogP) is 8.57. The normalized spacial score (nSPS) is 14.2. The number of halogens is 2. The molecule has 0 amide bonds. The molecule has 0 bridgehead atoms. The topological polar surface area (TPSA) is 108 Å². The van der Waals surface area contributed by atoms with Crippen LogP contribution >= 0.6 is 23.2 Å². The molecular weight excluding hydrogens is 615 g/mol. The molecule has 4 aromatic rings. The van der Waals surface area contributed by atoms with E-state index < -0.39 is 24.1 Å². The number of aromatic nitrogens is 2. The van der Waals surface area contributed by atoms with Crippen molar-refractivity contribution in [2.45, 2.75) is 58.7 Å². The van der Waals surface area contributed by atoms with Crippen molar-refractivity contribution in [1.29, 1.82) is 0 Å². The highest BCUT2D eigenvalue weighted by Crippen LogP contribution is 2.34. The molecule has 0 spiro atoms. The van der Waals surface area contributed by atoms with E-state index >= 15 is 0 Å². The lowest BCUT2D eigenvalue weighted by Crippen LogP contribution is -2.41. The van der Waals surface area contributed by atoms with Gasteiger partial charge in [-0.15, -0.1) is 6.58 Å². The van der Waals surface area contributed by atoms with Crippen LogP contribution in [0, 0.1) is 17.8 Å². The van der Waals surface area contributed by atoms with Crippen LogP contribution in [0.15, 0.2) is 73.6 Å². The Labute approximate surface area is 273 Å². The molecule has 0 saturated heterocycles. The standard InChI is InChI=1S/C35H38Cl2N2O6/c1-5-19-43-30(33(34(40)41)44-28-15-13-26(36)24-10-7-17-38-31(24)28)12-6-9-23(22(4)20-21(2)3)35(42)45-29-16-14-27(37)25-11-8-18-39-32(25)29/h5,7-8,10-11,13-18,21-23,30,33H,1,6,9,12,19-20H2,2-4H3,(H,40,41). The van der Waals surface area contributed by atoms with Gasteiger partial charge in [0.05, 0.1) is 22.6 Å². The van der Waals surface area contributed by atoms with Gasteiger partial charge in [-0.1, -0.05) is 50.0 Å². The highest BCUT2D eigenvalue weighted by atomic mass is 35.5. The van der Waals surface area contributed by atoms with Crippen molar-refractivity contribution < 1.29 is 28.9 Å². The van der Waals surface area contributed by atoms with Crippen LogP contribution in [-0.2, 0) is 14.3 Å². The Balaban J connectivity index is 1.53. The summed E-state index contributed by atoms with van der Waals surface area (Å²) in [7, 11) is 0. The summed E-state index contributed by atoms with van der Waals surface area (Å²) in [6.07, 6.45) is 4.66.